The second-order valence-electron chi connectivity index (χ2n) is 7.55. The molecule has 1 heterocycles. The van der Waals surface area contributed by atoms with Crippen molar-refractivity contribution in [3.8, 4) is 0 Å². The Morgan fingerprint density at radius 2 is 1.89 bits per heavy atom. The van der Waals surface area contributed by atoms with Crippen molar-refractivity contribution in [2.24, 2.45) is 11.0 Å². The van der Waals surface area contributed by atoms with E-state index in [-0.39, 0.29) is 5.92 Å². The molecule has 0 aliphatic heterocycles. The van der Waals surface area contributed by atoms with Crippen molar-refractivity contribution in [2.75, 3.05) is 0 Å². The molecule has 0 unspecified atom stereocenters. The van der Waals surface area contributed by atoms with Crippen molar-refractivity contribution in [3.63, 3.8) is 0 Å². The van der Waals surface area contributed by atoms with Crippen LogP contribution in [0.1, 0.15) is 46.6 Å². The Kier molecular flexibility index (Phi) is 7.03. The molecular formula is C20H27N5O3. The number of hydrazone groups is 1. The highest BCUT2D eigenvalue weighted by molar-refractivity contribution is 5.89. The third-order valence-electron chi connectivity index (χ3n) is 4.05. The molecule has 28 heavy (non-hydrogen) atoms. The van der Waals surface area contributed by atoms with Gasteiger partial charge in [-0.25, -0.2) is 10.2 Å². The van der Waals surface area contributed by atoms with Gasteiger partial charge in [-0.3, -0.25) is 14.8 Å². The van der Waals surface area contributed by atoms with Gasteiger partial charge in [-0.15, -0.1) is 0 Å². The number of nitrogens with zero attached hydrogens (tertiary/aromatic N) is 3. The maximum atomic E-state index is 12.5. The molecule has 0 saturated carbocycles. The highest BCUT2D eigenvalue weighted by atomic mass is 16.6. The normalized spacial score (nSPS) is 13.9. The number of benzene rings is 1. The van der Waals surface area contributed by atoms with Crippen LogP contribution in [0.25, 0.3) is 11.0 Å². The van der Waals surface area contributed by atoms with Crippen molar-refractivity contribution in [3.05, 3.63) is 36.2 Å². The molecule has 0 saturated heterocycles. The van der Waals surface area contributed by atoms with Gasteiger partial charge in [0.05, 0.1) is 17.2 Å². The highest BCUT2D eigenvalue weighted by Gasteiger charge is 2.28. The van der Waals surface area contributed by atoms with Gasteiger partial charge in [0, 0.05) is 12.4 Å². The summed E-state index contributed by atoms with van der Waals surface area (Å²) in [7, 11) is 0. The van der Waals surface area contributed by atoms with E-state index in [1.807, 2.05) is 32.0 Å². The Morgan fingerprint density at radius 3 is 2.54 bits per heavy atom. The summed E-state index contributed by atoms with van der Waals surface area (Å²) in [5.74, 6) is -0.490. The average molecular weight is 385 g/mol. The fourth-order valence-electron chi connectivity index (χ4n) is 2.44. The lowest BCUT2D eigenvalue weighted by molar-refractivity contribution is -0.124. The summed E-state index contributed by atoms with van der Waals surface area (Å²) in [6.07, 6.45) is 4.84. The van der Waals surface area contributed by atoms with E-state index >= 15 is 0 Å². The zero-order valence-corrected chi connectivity index (χ0v) is 16.9. The zero-order valence-electron chi connectivity index (χ0n) is 16.9. The molecular weight excluding hydrogens is 358 g/mol. The SMILES string of the molecule is CC[C@@H](C)[C@H](NC(=O)OC(C)(C)C)C(=O)N/N=C\c1ccc2nccnc2c1. The molecule has 0 aliphatic carbocycles. The molecule has 8 heteroatoms. The summed E-state index contributed by atoms with van der Waals surface area (Å²) in [6.45, 7) is 9.13. The number of nitrogens with one attached hydrogen (secondary N) is 2. The van der Waals surface area contributed by atoms with Crippen LogP contribution >= 0.6 is 0 Å². The molecule has 0 bridgehead atoms. The number of alkyl carbamates (subject to hydrolysis) is 1. The van der Waals surface area contributed by atoms with Crippen LogP contribution < -0.4 is 10.7 Å². The van der Waals surface area contributed by atoms with Crippen molar-refractivity contribution >= 4 is 29.2 Å². The summed E-state index contributed by atoms with van der Waals surface area (Å²) in [6, 6.07) is 4.73. The number of fused-ring (bicyclic) bond motifs is 1. The fraction of sp³-hybridized carbons (Fsp3) is 0.450. The van der Waals surface area contributed by atoms with Crippen LogP contribution in [-0.2, 0) is 9.53 Å². The Bertz CT molecular complexity index is 860. The van der Waals surface area contributed by atoms with Crippen LogP contribution in [0.4, 0.5) is 4.79 Å². The van der Waals surface area contributed by atoms with Gasteiger partial charge in [0.25, 0.3) is 5.91 Å². The van der Waals surface area contributed by atoms with Crippen LogP contribution in [0, 0.1) is 5.92 Å². The average Bonchev–Trinajstić information content (AvgIpc) is 2.64. The second kappa shape index (κ2) is 9.25. The number of carbonyl (C=O) groups excluding carboxylic acids is 2. The van der Waals surface area contributed by atoms with Crippen LogP contribution in [0.3, 0.4) is 0 Å². The number of amides is 2. The molecule has 0 radical (unpaired) electrons. The minimum Gasteiger partial charge on any atom is -0.444 e. The minimum absolute atomic E-state index is 0.0846. The molecule has 2 aromatic rings. The molecule has 2 amide bonds. The van der Waals surface area contributed by atoms with Crippen molar-refractivity contribution in [2.45, 2.75) is 52.7 Å². The summed E-state index contributed by atoms with van der Waals surface area (Å²) in [5, 5.41) is 6.63. The van der Waals surface area contributed by atoms with Gasteiger partial charge in [-0.1, -0.05) is 26.3 Å². The number of ether oxygens (including phenoxy) is 1. The molecule has 0 fully saturated rings. The first-order valence-corrected chi connectivity index (χ1v) is 9.23. The summed E-state index contributed by atoms with van der Waals surface area (Å²) in [5.41, 5.74) is 4.14. The lowest BCUT2D eigenvalue weighted by Gasteiger charge is -2.25. The van der Waals surface area contributed by atoms with Crippen LogP contribution in [0.2, 0.25) is 0 Å². The first-order valence-electron chi connectivity index (χ1n) is 9.23. The monoisotopic (exact) mass is 385 g/mol. The molecule has 1 aromatic heterocycles. The molecule has 1 aromatic carbocycles. The van der Waals surface area contributed by atoms with E-state index in [1.54, 1.807) is 33.2 Å². The van der Waals surface area contributed by atoms with Gasteiger partial charge in [0.1, 0.15) is 11.6 Å². The van der Waals surface area contributed by atoms with Crippen LogP contribution in [0.5, 0.6) is 0 Å². The van der Waals surface area contributed by atoms with Gasteiger partial charge in [0.15, 0.2) is 0 Å². The molecule has 0 aliphatic rings. The lowest BCUT2D eigenvalue weighted by atomic mass is 9.99. The van der Waals surface area contributed by atoms with E-state index in [2.05, 4.69) is 25.8 Å². The highest BCUT2D eigenvalue weighted by Crippen LogP contribution is 2.12. The topological polar surface area (TPSA) is 106 Å². The third-order valence-corrected chi connectivity index (χ3v) is 4.05. The summed E-state index contributed by atoms with van der Waals surface area (Å²) in [4.78, 5) is 33.0. The van der Waals surface area contributed by atoms with Gasteiger partial charge in [-0.2, -0.15) is 5.10 Å². The lowest BCUT2D eigenvalue weighted by Crippen LogP contribution is -2.50. The maximum absolute atomic E-state index is 12.5. The number of carbonyl (C=O) groups is 2. The predicted octanol–water partition coefficient (Wildman–Crippen LogP) is 3.02. The molecule has 150 valence electrons. The Morgan fingerprint density at radius 1 is 1.21 bits per heavy atom. The van der Waals surface area contributed by atoms with Gasteiger partial charge >= 0.3 is 6.09 Å². The van der Waals surface area contributed by atoms with Gasteiger partial charge in [0.2, 0.25) is 0 Å². The molecule has 2 atom stereocenters. The zero-order chi connectivity index (χ0) is 20.7. The molecule has 2 N–H and O–H groups in total. The summed E-state index contributed by atoms with van der Waals surface area (Å²) < 4.78 is 5.25. The summed E-state index contributed by atoms with van der Waals surface area (Å²) >= 11 is 0. The van der Waals surface area contributed by atoms with E-state index in [0.717, 1.165) is 16.6 Å². The molecule has 8 nitrogen and oxygen atoms in total. The largest absolute Gasteiger partial charge is 0.444 e. The van der Waals surface area contributed by atoms with Crippen LogP contribution in [0.15, 0.2) is 35.7 Å². The van der Waals surface area contributed by atoms with E-state index in [0.29, 0.717) is 6.42 Å². The minimum atomic E-state index is -0.750. The molecule has 0 spiro atoms. The Balaban J connectivity index is 2.03. The van der Waals surface area contributed by atoms with Crippen molar-refractivity contribution in [1.82, 2.24) is 20.7 Å². The smallest absolute Gasteiger partial charge is 0.408 e. The predicted molar refractivity (Wildman–Crippen MR) is 108 cm³/mol. The first kappa shape index (κ1) is 21.3. The maximum Gasteiger partial charge on any atom is 0.408 e. The van der Waals surface area contributed by atoms with E-state index in [1.165, 1.54) is 6.21 Å². The fourth-order valence-corrected chi connectivity index (χ4v) is 2.44. The van der Waals surface area contributed by atoms with E-state index < -0.39 is 23.6 Å². The number of rotatable bonds is 6. The van der Waals surface area contributed by atoms with Crippen LogP contribution in [-0.4, -0.2) is 39.8 Å². The Labute approximate surface area is 164 Å². The number of aromatic nitrogens is 2. The Hall–Kier alpha value is -3.03. The number of hydrogen-bond acceptors (Lipinski definition) is 6. The van der Waals surface area contributed by atoms with Crippen molar-refractivity contribution < 1.29 is 14.3 Å². The van der Waals surface area contributed by atoms with Crippen molar-refractivity contribution in [1.29, 1.82) is 0 Å². The number of hydrogen-bond donors (Lipinski definition) is 2. The van der Waals surface area contributed by atoms with E-state index in [4.69, 9.17) is 4.74 Å². The van der Waals surface area contributed by atoms with E-state index in [9.17, 15) is 9.59 Å². The van der Waals surface area contributed by atoms with Gasteiger partial charge in [-0.05, 0) is 44.4 Å². The standard InChI is InChI=1S/C20H27N5O3/c1-6-13(2)17(24-19(27)28-20(3,4)5)18(26)25-23-12-14-7-8-15-16(11-14)22-10-9-21-15/h7-13,17H,6H2,1-5H3,(H,24,27)(H,25,26)/b23-12-/t13-,17+/m1/s1. The first-order chi connectivity index (χ1) is 13.2. The third kappa shape index (κ3) is 6.29. The molecule has 2 rings (SSSR count). The quantitative estimate of drug-likeness (QED) is 0.587. The second-order valence-corrected chi connectivity index (χ2v) is 7.55. The van der Waals surface area contributed by atoms with Gasteiger partial charge < -0.3 is 10.1 Å².